The second-order valence-electron chi connectivity index (χ2n) is 5.60. The average molecular weight is 354 g/mol. The minimum absolute atomic E-state index is 0.0520. The molecule has 1 fully saturated rings. The van der Waals surface area contributed by atoms with Crippen LogP contribution in [0.1, 0.15) is 16.8 Å². The number of hydrogen-bond donors (Lipinski definition) is 2. The predicted molar refractivity (Wildman–Crippen MR) is 89.1 cm³/mol. The first-order valence-electron chi connectivity index (χ1n) is 7.71. The number of nitrogens with zero attached hydrogens (tertiary/aromatic N) is 2. The highest BCUT2D eigenvalue weighted by atomic mass is 35.5. The van der Waals surface area contributed by atoms with E-state index in [4.69, 9.17) is 16.7 Å². The Morgan fingerprint density at radius 3 is 2.46 bits per heavy atom. The predicted octanol–water partition coefficient (Wildman–Crippen LogP) is 0.689. The van der Waals surface area contributed by atoms with Crippen molar-refractivity contribution in [1.29, 1.82) is 0 Å². The van der Waals surface area contributed by atoms with Gasteiger partial charge in [-0.3, -0.25) is 19.3 Å². The van der Waals surface area contributed by atoms with Crippen LogP contribution in [0.2, 0.25) is 5.02 Å². The molecule has 2 amide bonds. The van der Waals surface area contributed by atoms with Crippen LogP contribution in [0.25, 0.3) is 0 Å². The van der Waals surface area contributed by atoms with Crippen molar-refractivity contribution in [2.45, 2.75) is 6.42 Å². The van der Waals surface area contributed by atoms with Crippen LogP contribution < -0.4 is 5.32 Å². The summed E-state index contributed by atoms with van der Waals surface area (Å²) in [5.41, 5.74) is 0.590. The molecule has 0 radical (unpaired) electrons. The topological polar surface area (TPSA) is 89.9 Å². The normalized spacial score (nSPS) is 15.6. The zero-order chi connectivity index (χ0) is 17.5. The van der Waals surface area contributed by atoms with Crippen LogP contribution in [-0.2, 0) is 9.59 Å². The minimum atomic E-state index is -1.07. The summed E-state index contributed by atoms with van der Waals surface area (Å²) in [6.07, 6.45) is 0.755. The summed E-state index contributed by atoms with van der Waals surface area (Å²) in [5, 5.41) is 11.5. The fraction of sp³-hybridized carbons (Fsp3) is 0.438. The molecule has 1 aromatic carbocycles. The Balaban J connectivity index is 1.85. The highest BCUT2D eigenvalue weighted by Gasteiger charge is 2.21. The summed E-state index contributed by atoms with van der Waals surface area (Å²) in [4.78, 5) is 38.3. The molecule has 2 rings (SSSR count). The maximum atomic E-state index is 12.5. The lowest BCUT2D eigenvalue weighted by Crippen LogP contribution is -2.41. The molecule has 8 heteroatoms. The van der Waals surface area contributed by atoms with Gasteiger partial charge in [-0.25, -0.2) is 0 Å². The fourth-order valence-corrected chi connectivity index (χ4v) is 2.67. The van der Waals surface area contributed by atoms with Crippen LogP contribution in [0.4, 0.5) is 0 Å². The van der Waals surface area contributed by atoms with Gasteiger partial charge < -0.3 is 15.3 Å². The lowest BCUT2D eigenvalue weighted by molar-refractivity contribution is -0.138. The quantitative estimate of drug-likeness (QED) is 0.812. The summed E-state index contributed by atoms with van der Waals surface area (Å²) in [6, 6.07) is 6.77. The second kappa shape index (κ2) is 8.65. The van der Waals surface area contributed by atoms with Gasteiger partial charge in [0.15, 0.2) is 0 Å². The third-order valence-corrected chi connectivity index (χ3v) is 4.02. The molecule has 1 aliphatic heterocycles. The van der Waals surface area contributed by atoms with Crippen molar-refractivity contribution in [2.75, 3.05) is 39.3 Å². The van der Waals surface area contributed by atoms with E-state index >= 15 is 0 Å². The Kier molecular flexibility index (Phi) is 6.57. The van der Waals surface area contributed by atoms with Crippen LogP contribution in [0.3, 0.4) is 0 Å². The van der Waals surface area contributed by atoms with Crippen molar-refractivity contribution in [3.8, 4) is 0 Å². The Labute approximate surface area is 145 Å². The van der Waals surface area contributed by atoms with E-state index in [2.05, 4.69) is 5.32 Å². The van der Waals surface area contributed by atoms with Crippen molar-refractivity contribution >= 4 is 29.4 Å². The van der Waals surface area contributed by atoms with Crippen molar-refractivity contribution in [2.24, 2.45) is 0 Å². The van der Waals surface area contributed by atoms with Crippen molar-refractivity contribution in [1.82, 2.24) is 15.1 Å². The third kappa shape index (κ3) is 5.50. The molecule has 2 N–H and O–H groups in total. The van der Waals surface area contributed by atoms with E-state index in [9.17, 15) is 14.4 Å². The number of halogens is 1. The Bertz CT molecular complexity index is 606. The molecule has 1 saturated heterocycles. The van der Waals surface area contributed by atoms with Crippen LogP contribution in [0.5, 0.6) is 0 Å². The van der Waals surface area contributed by atoms with Gasteiger partial charge in [-0.2, -0.15) is 0 Å². The first-order valence-corrected chi connectivity index (χ1v) is 8.09. The summed E-state index contributed by atoms with van der Waals surface area (Å²) >= 11 is 5.83. The molecule has 0 saturated carbocycles. The van der Waals surface area contributed by atoms with Crippen molar-refractivity contribution in [3.05, 3.63) is 34.9 Å². The molecule has 1 aromatic rings. The molecule has 0 spiro atoms. The monoisotopic (exact) mass is 353 g/mol. The Hall–Kier alpha value is -2.12. The molecule has 7 nitrogen and oxygen atoms in total. The first kappa shape index (κ1) is 18.2. The van der Waals surface area contributed by atoms with Crippen molar-refractivity contribution < 1.29 is 19.5 Å². The Morgan fingerprint density at radius 1 is 1.08 bits per heavy atom. The van der Waals surface area contributed by atoms with E-state index in [1.54, 1.807) is 29.2 Å². The highest BCUT2D eigenvalue weighted by molar-refractivity contribution is 6.30. The number of benzene rings is 1. The number of carboxylic acid groups (broad SMARTS) is 1. The van der Waals surface area contributed by atoms with Crippen molar-refractivity contribution in [3.63, 3.8) is 0 Å². The summed E-state index contributed by atoms with van der Waals surface area (Å²) in [7, 11) is 0. The van der Waals surface area contributed by atoms with E-state index in [-0.39, 0.29) is 24.9 Å². The second-order valence-corrected chi connectivity index (χ2v) is 6.04. The van der Waals surface area contributed by atoms with Crippen LogP contribution in [0, 0.1) is 0 Å². The van der Waals surface area contributed by atoms with Gasteiger partial charge in [0, 0.05) is 36.8 Å². The van der Waals surface area contributed by atoms with Gasteiger partial charge in [-0.15, -0.1) is 0 Å². The molecule has 130 valence electrons. The molecule has 24 heavy (non-hydrogen) atoms. The summed E-state index contributed by atoms with van der Waals surface area (Å²) in [6.45, 7) is 2.15. The van der Waals surface area contributed by atoms with Crippen LogP contribution >= 0.6 is 11.6 Å². The zero-order valence-electron chi connectivity index (χ0n) is 13.2. The third-order valence-electron chi connectivity index (χ3n) is 3.77. The maximum Gasteiger partial charge on any atom is 0.322 e. The van der Waals surface area contributed by atoms with Gasteiger partial charge >= 0.3 is 5.97 Å². The van der Waals surface area contributed by atoms with Gasteiger partial charge in [0.25, 0.3) is 5.91 Å². The molecule has 0 bridgehead atoms. The fourth-order valence-electron chi connectivity index (χ4n) is 2.54. The number of amides is 2. The first-order chi connectivity index (χ1) is 11.5. The smallest absolute Gasteiger partial charge is 0.322 e. The van der Waals surface area contributed by atoms with Gasteiger partial charge in [0.1, 0.15) is 6.54 Å². The molecule has 0 aliphatic carbocycles. The van der Waals surface area contributed by atoms with Gasteiger partial charge in [-0.05, 0) is 30.7 Å². The number of aliphatic carboxylic acids is 1. The number of nitrogens with one attached hydrogen (secondary N) is 1. The van der Waals surface area contributed by atoms with E-state index in [0.29, 0.717) is 36.8 Å². The Morgan fingerprint density at radius 2 is 1.79 bits per heavy atom. The minimum Gasteiger partial charge on any atom is -0.480 e. The lowest BCUT2D eigenvalue weighted by atomic mass is 10.2. The van der Waals surface area contributed by atoms with E-state index < -0.39 is 5.97 Å². The highest BCUT2D eigenvalue weighted by Crippen LogP contribution is 2.13. The van der Waals surface area contributed by atoms with Gasteiger partial charge in [0.05, 0.1) is 6.54 Å². The maximum absolute atomic E-state index is 12.5. The molecule has 0 aromatic heterocycles. The number of hydrogen-bond acceptors (Lipinski definition) is 4. The van der Waals surface area contributed by atoms with E-state index in [1.165, 1.54) is 0 Å². The number of carbonyl (C=O) groups excluding carboxylic acids is 2. The standard InChI is InChI=1S/C16H20ClN3O4/c17-13-4-2-12(3-5-13)16(24)20-7-1-6-19(8-9-20)11-14(21)18-10-15(22)23/h2-5H,1,6-11H2,(H,18,21)(H,22,23). The molecule has 0 unspecified atom stereocenters. The van der Waals surface area contributed by atoms with Crippen LogP contribution in [-0.4, -0.2) is 72.0 Å². The lowest BCUT2D eigenvalue weighted by Gasteiger charge is -2.21. The number of carbonyl (C=O) groups is 3. The SMILES string of the molecule is O=C(O)CNC(=O)CN1CCCN(C(=O)c2ccc(Cl)cc2)CC1. The summed E-state index contributed by atoms with van der Waals surface area (Å²) in [5.74, 6) is -1.45. The van der Waals surface area contributed by atoms with E-state index in [0.717, 1.165) is 6.42 Å². The molecule has 1 heterocycles. The summed E-state index contributed by atoms with van der Waals surface area (Å²) < 4.78 is 0. The average Bonchev–Trinajstić information content (AvgIpc) is 2.78. The number of rotatable bonds is 5. The van der Waals surface area contributed by atoms with Crippen LogP contribution in [0.15, 0.2) is 24.3 Å². The molecular formula is C16H20ClN3O4. The van der Waals surface area contributed by atoms with Gasteiger partial charge in [-0.1, -0.05) is 11.6 Å². The molecular weight excluding hydrogens is 334 g/mol. The largest absolute Gasteiger partial charge is 0.480 e. The van der Waals surface area contributed by atoms with E-state index in [1.807, 2.05) is 4.90 Å². The molecule has 1 aliphatic rings. The molecule has 0 atom stereocenters. The van der Waals surface area contributed by atoms with Gasteiger partial charge in [0.2, 0.25) is 5.91 Å². The zero-order valence-corrected chi connectivity index (χ0v) is 14.0. The number of carboxylic acids is 1.